The Morgan fingerprint density at radius 3 is 2.25 bits per heavy atom. The molecule has 24 heavy (non-hydrogen) atoms. The van der Waals surface area contributed by atoms with Crippen molar-refractivity contribution in [3.05, 3.63) is 58.2 Å². The van der Waals surface area contributed by atoms with Gasteiger partial charge in [0.2, 0.25) is 0 Å². The Bertz CT molecular complexity index is 739. The molecule has 0 aliphatic carbocycles. The Morgan fingerprint density at radius 1 is 1.21 bits per heavy atom. The van der Waals surface area contributed by atoms with Gasteiger partial charge in [-0.15, -0.1) is 0 Å². The van der Waals surface area contributed by atoms with Gasteiger partial charge in [-0.2, -0.15) is 0 Å². The SMILES string of the molecule is Cc1c(C(=O)O)c(CO)c(C(C)(C)C)n1CCc1ccc(F)cc1. The maximum absolute atomic E-state index is 13.0. The van der Waals surface area contributed by atoms with E-state index in [-0.39, 0.29) is 23.4 Å². The third kappa shape index (κ3) is 3.51. The smallest absolute Gasteiger partial charge is 0.337 e. The topological polar surface area (TPSA) is 62.5 Å². The van der Waals surface area contributed by atoms with Crippen molar-refractivity contribution in [3.63, 3.8) is 0 Å². The van der Waals surface area contributed by atoms with Crippen molar-refractivity contribution in [2.24, 2.45) is 0 Å². The summed E-state index contributed by atoms with van der Waals surface area (Å²) in [5.74, 6) is -1.30. The third-order valence-electron chi connectivity index (χ3n) is 4.24. The molecule has 2 rings (SSSR count). The zero-order valence-corrected chi connectivity index (χ0v) is 14.6. The molecular formula is C19H24FNO3. The molecule has 0 spiro atoms. The van der Waals surface area contributed by atoms with Gasteiger partial charge in [0.1, 0.15) is 5.82 Å². The highest BCUT2D eigenvalue weighted by molar-refractivity contribution is 5.91. The van der Waals surface area contributed by atoms with Crippen molar-refractivity contribution in [1.82, 2.24) is 4.57 Å². The van der Waals surface area contributed by atoms with Gasteiger partial charge in [-0.3, -0.25) is 0 Å². The fourth-order valence-electron chi connectivity index (χ4n) is 3.27. The fraction of sp³-hybridized carbons (Fsp3) is 0.421. The number of carboxylic acids is 1. The molecule has 0 unspecified atom stereocenters. The number of aryl methyl sites for hydroxylation is 1. The van der Waals surface area contributed by atoms with Gasteiger partial charge in [-0.25, -0.2) is 9.18 Å². The molecule has 1 aromatic heterocycles. The first-order chi connectivity index (χ1) is 11.2. The summed E-state index contributed by atoms with van der Waals surface area (Å²) in [6, 6.07) is 6.31. The van der Waals surface area contributed by atoms with Gasteiger partial charge >= 0.3 is 5.97 Å². The average molecular weight is 333 g/mol. The highest BCUT2D eigenvalue weighted by Crippen LogP contribution is 2.33. The van der Waals surface area contributed by atoms with Gasteiger partial charge in [-0.1, -0.05) is 32.9 Å². The number of halogens is 1. The van der Waals surface area contributed by atoms with E-state index in [0.717, 1.165) is 11.3 Å². The Labute approximate surface area is 141 Å². The minimum absolute atomic E-state index is 0.182. The molecule has 0 saturated heterocycles. The highest BCUT2D eigenvalue weighted by Gasteiger charge is 2.30. The normalized spacial score (nSPS) is 11.8. The quantitative estimate of drug-likeness (QED) is 0.877. The number of rotatable bonds is 5. The van der Waals surface area contributed by atoms with Gasteiger partial charge in [0.25, 0.3) is 0 Å². The maximum Gasteiger partial charge on any atom is 0.337 e. The van der Waals surface area contributed by atoms with Gasteiger partial charge in [0.15, 0.2) is 0 Å². The Kier molecular flexibility index (Phi) is 5.13. The zero-order chi connectivity index (χ0) is 18.1. The van der Waals surface area contributed by atoms with Gasteiger partial charge in [0, 0.05) is 28.9 Å². The van der Waals surface area contributed by atoms with Crippen LogP contribution in [0.5, 0.6) is 0 Å². The van der Waals surface area contributed by atoms with Crippen LogP contribution in [0.1, 0.15) is 53.6 Å². The van der Waals surface area contributed by atoms with Crippen LogP contribution in [0.25, 0.3) is 0 Å². The molecule has 1 heterocycles. The minimum atomic E-state index is -1.03. The summed E-state index contributed by atoms with van der Waals surface area (Å²) in [4.78, 5) is 11.6. The van der Waals surface area contributed by atoms with Gasteiger partial charge in [0.05, 0.1) is 12.2 Å². The van der Waals surface area contributed by atoms with Gasteiger partial charge < -0.3 is 14.8 Å². The Morgan fingerprint density at radius 2 is 1.79 bits per heavy atom. The first kappa shape index (κ1) is 18.2. The van der Waals surface area contributed by atoms with Gasteiger partial charge in [-0.05, 0) is 31.0 Å². The van der Waals surface area contributed by atoms with E-state index in [1.54, 1.807) is 19.1 Å². The second-order valence-electron chi connectivity index (χ2n) is 7.03. The molecule has 0 aliphatic heterocycles. The third-order valence-corrected chi connectivity index (χ3v) is 4.24. The molecule has 0 aliphatic rings. The highest BCUT2D eigenvalue weighted by atomic mass is 19.1. The van der Waals surface area contributed by atoms with E-state index >= 15 is 0 Å². The maximum atomic E-state index is 13.0. The molecular weight excluding hydrogens is 309 g/mol. The second kappa shape index (κ2) is 6.77. The lowest BCUT2D eigenvalue weighted by molar-refractivity contribution is 0.0692. The Hall–Kier alpha value is -2.14. The summed E-state index contributed by atoms with van der Waals surface area (Å²) in [6.45, 7) is 8.04. The number of aromatic carboxylic acids is 1. The summed E-state index contributed by atoms with van der Waals surface area (Å²) in [5, 5.41) is 19.3. The van der Waals surface area contributed by atoms with Crippen LogP contribution < -0.4 is 0 Å². The van der Waals surface area contributed by atoms with E-state index in [9.17, 15) is 19.4 Å². The van der Waals surface area contributed by atoms with Crippen molar-refractivity contribution < 1.29 is 19.4 Å². The Balaban J connectivity index is 2.47. The molecule has 0 bridgehead atoms. The first-order valence-corrected chi connectivity index (χ1v) is 7.97. The lowest BCUT2D eigenvalue weighted by Gasteiger charge is -2.24. The minimum Gasteiger partial charge on any atom is -0.478 e. The van der Waals surface area contributed by atoms with Crippen LogP contribution in [0.3, 0.4) is 0 Å². The van der Waals surface area contributed by atoms with E-state index < -0.39 is 5.97 Å². The lowest BCUT2D eigenvalue weighted by Crippen LogP contribution is -2.21. The van der Waals surface area contributed by atoms with E-state index in [0.29, 0.717) is 24.2 Å². The molecule has 0 saturated carbocycles. The number of hydrogen-bond acceptors (Lipinski definition) is 2. The van der Waals surface area contributed by atoms with E-state index in [1.165, 1.54) is 12.1 Å². The summed E-state index contributed by atoms with van der Waals surface area (Å²) in [5.41, 5.74) is 2.81. The predicted octanol–water partition coefficient (Wildman–Crippen LogP) is 3.67. The van der Waals surface area contributed by atoms with Crippen molar-refractivity contribution in [1.29, 1.82) is 0 Å². The van der Waals surface area contributed by atoms with Crippen LogP contribution in [0.2, 0.25) is 0 Å². The molecule has 130 valence electrons. The number of aromatic nitrogens is 1. The van der Waals surface area contributed by atoms with Crippen molar-refractivity contribution in [3.8, 4) is 0 Å². The lowest BCUT2D eigenvalue weighted by atomic mass is 9.88. The van der Waals surface area contributed by atoms with Crippen LogP contribution in [-0.4, -0.2) is 20.7 Å². The number of aliphatic hydroxyl groups excluding tert-OH is 1. The molecule has 0 atom stereocenters. The largest absolute Gasteiger partial charge is 0.478 e. The van der Waals surface area contributed by atoms with E-state index in [2.05, 4.69) is 0 Å². The standard InChI is InChI=1S/C19H24FNO3/c1-12-16(18(23)24)15(11-22)17(19(2,3)4)21(12)10-9-13-5-7-14(20)8-6-13/h5-8,22H,9-11H2,1-4H3,(H,23,24). The number of benzene rings is 1. The summed E-state index contributed by atoms with van der Waals surface area (Å²) >= 11 is 0. The monoisotopic (exact) mass is 333 g/mol. The van der Waals surface area contributed by atoms with Crippen LogP contribution >= 0.6 is 0 Å². The predicted molar refractivity (Wildman–Crippen MR) is 90.9 cm³/mol. The molecule has 1 aromatic carbocycles. The number of carboxylic acid groups (broad SMARTS) is 1. The van der Waals surface area contributed by atoms with E-state index in [1.807, 2.05) is 25.3 Å². The fourth-order valence-corrected chi connectivity index (χ4v) is 3.27. The summed E-state index contributed by atoms with van der Waals surface area (Å²) in [6.07, 6.45) is 0.656. The molecule has 0 amide bonds. The first-order valence-electron chi connectivity index (χ1n) is 7.97. The molecule has 0 radical (unpaired) electrons. The number of nitrogens with zero attached hydrogens (tertiary/aromatic N) is 1. The van der Waals surface area contributed by atoms with Crippen LogP contribution in [-0.2, 0) is 25.0 Å². The summed E-state index contributed by atoms with van der Waals surface area (Å²) in [7, 11) is 0. The van der Waals surface area contributed by atoms with Crippen LogP contribution in [0, 0.1) is 12.7 Å². The van der Waals surface area contributed by atoms with E-state index in [4.69, 9.17) is 0 Å². The molecule has 4 nitrogen and oxygen atoms in total. The number of carbonyl (C=O) groups is 1. The molecule has 2 N–H and O–H groups in total. The number of aliphatic hydroxyl groups is 1. The van der Waals surface area contributed by atoms with Crippen molar-refractivity contribution in [2.75, 3.05) is 0 Å². The molecule has 0 fully saturated rings. The summed E-state index contributed by atoms with van der Waals surface area (Å²) < 4.78 is 15.0. The van der Waals surface area contributed by atoms with Crippen LogP contribution in [0.15, 0.2) is 24.3 Å². The van der Waals surface area contributed by atoms with Crippen molar-refractivity contribution in [2.45, 2.75) is 52.7 Å². The number of hydrogen-bond donors (Lipinski definition) is 2. The van der Waals surface area contributed by atoms with Crippen LogP contribution in [0.4, 0.5) is 4.39 Å². The van der Waals surface area contributed by atoms with Crippen molar-refractivity contribution >= 4 is 5.97 Å². The average Bonchev–Trinajstić information content (AvgIpc) is 2.79. The molecule has 2 aromatic rings. The second-order valence-corrected chi connectivity index (χ2v) is 7.03. The molecule has 5 heteroatoms. The zero-order valence-electron chi connectivity index (χ0n) is 14.6.